The normalized spacial score (nSPS) is 10.8. The third-order valence-corrected chi connectivity index (χ3v) is 2.92. The maximum absolute atomic E-state index is 12.4. The van der Waals surface area contributed by atoms with Crippen molar-refractivity contribution in [3.63, 3.8) is 0 Å². The maximum atomic E-state index is 12.4. The van der Waals surface area contributed by atoms with E-state index in [1.165, 1.54) is 17.7 Å². The second kappa shape index (κ2) is 4.78. The third kappa shape index (κ3) is 2.04. The first-order chi connectivity index (χ1) is 10.1. The summed E-state index contributed by atoms with van der Waals surface area (Å²) in [7, 11) is 1.20. The van der Waals surface area contributed by atoms with Crippen LogP contribution >= 0.6 is 0 Å². The van der Waals surface area contributed by atoms with Crippen molar-refractivity contribution in [2.24, 2.45) is 0 Å². The van der Waals surface area contributed by atoms with Crippen molar-refractivity contribution < 1.29 is 9.53 Å². The monoisotopic (exact) mass is 286 g/mol. The molecule has 0 spiro atoms. The predicted molar refractivity (Wildman–Crippen MR) is 70.8 cm³/mol. The van der Waals surface area contributed by atoms with E-state index in [0.717, 1.165) is 5.56 Å². The number of ether oxygens (including phenoxy) is 1. The fourth-order valence-electron chi connectivity index (χ4n) is 1.88. The van der Waals surface area contributed by atoms with Crippen LogP contribution in [0.4, 0.5) is 4.79 Å². The zero-order valence-electron chi connectivity index (χ0n) is 11.2. The van der Waals surface area contributed by atoms with Gasteiger partial charge in [0.15, 0.2) is 0 Å². The zero-order chi connectivity index (χ0) is 15.0. The van der Waals surface area contributed by atoms with E-state index in [9.17, 15) is 9.59 Å². The number of aryl methyl sites for hydroxylation is 1. The Morgan fingerprint density at radius 3 is 2.95 bits per heavy atom. The van der Waals surface area contributed by atoms with Gasteiger partial charge in [-0.2, -0.15) is 0 Å². The zero-order valence-corrected chi connectivity index (χ0v) is 11.2. The molecule has 3 aromatic rings. The van der Waals surface area contributed by atoms with Gasteiger partial charge in [-0.25, -0.2) is 9.78 Å². The van der Waals surface area contributed by atoms with E-state index in [0.29, 0.717) is 10.4 Å². The van der Waals surface area contributed by atoms with E-state index < -0.39 is 6.09 Å². The van der Waals surface area contributed by atoms with Crippen LogP contribution in [0.2, 0.25) is 0 Å². The van der Waals surface area contributed by atoms with E-state index in [2.05, 4.69) is 25.1 Å². The van der Waals surface area contributed by atoms with E-state index in [4.69, 9.17) is 0 Å². The molecular weight excluding hydrogens is 276 g/mol. The van der Waals surface area contributed by atoms with Gasteiger partial charge >= 0.3 is 6.09 Å². The summed E-state index contributed by atoms with van der Waals surface area (Å²) in [5, 5.41) is 11.0. The summed E-state index contributed by atoms with van der Waals surface area (Å²) in [5.41, 5.74) is 1.22. The van der Waals surface area contributed by atoms with Gasteiger partial charge in [-0.15, -0.1) is 10.2 Å². The number of pyridine rings is 1. The molecule has 0 atom stereocenters. The summed E-state index contributed by atoms with van der Waals surface area (Å²) in [4.78, 5) is 28.6. The minimum atomic E-state index is -0.793. The summed E-state index contributed by atoms with van der Waals surface area (Å²) in [6.45, 7) is 1.85. The van der Waals surface area contributed by atoms with Crippen molar-refractivity contribution in [1.29, 1.82) is 0 Å². The Morgan fingerprint density at radius 1 is 1.38 bits per heavy atom. The van der Waals surface area contributed by atoms with Crippen LogP contribution in [-0.4, -0.2) is 42.8 Å². The van der Waals surface area contributed by atoms with Crippen LogP contribution in [0.5, 0.6) is 0 Å². The van der Waals surface area contributed by atoms with E-state index in [1.807, 2.05) is 13.0 Å². The molecule has 0 aliphatic rings. The lowest BCUT2D eigenvalue weighted by Gasteiger charge is -2.03. The molecule has 0 unspecified atom stereocenters. The summed E-state index contributed by atoms with van der Waals surface area (Å²) < 4.78 is 5.85. The first-order valence-corrected chi connectivity index (χ1v) is 5.97. The number of aromatic nitrogens is 6. The van der Waals surface area contributed by atoms with Crippen LogP contribution in [0.1, 0.15) is 5.56 Å². The number of methoxy groups -OCH3 is 1. The van der Waals surface area contributed by atoms with Gasteiger partial charge in [-0.3, -0.25) is 9.20 Å². The van der Waals surface area contributed by atoms with Gasteiger partial charge in [-0.1, -0.05) is 10.9 Å². The van der Waals surface area contributed by atoms with Gasteiger partial charge < -0.3 is 4.74 Å². The molecule has 3 aromatic heterocycles. The topological polar surface area (TPSA) is 104 Å². The van der Waals surface area contributed by atoms with Crippen LogP contribution in [0, 0.1) is 6.92 Å². The SMILES string of the molecule is COC(=O)n1nnc(-c2cnc3c(C)cccn3c2=O)n1. The molecule has 0 aliphatic heterocycles. The lowest BCUT2D eigenvalue weighted by Crippen LogP contribution is -2.18. The summed E-state index contributed by atoms with van der Waals surface area (Å²) in [5.74, 6) is 0.00815. The number of rotatable bonds is 1. The number of hydrogen-bond donors (Lipinski definition) is 0. The fourth-order valence-corrected chi connectivity index (χ4v) is 1.88. The second-order valence-electron chi connectivity index (χ2n) is 4.23. The number of hydrogen-bond acceptors (Lipinski definition) is 7. The first kappa shape index (κ1) is 12.9. The van der Waals surface area contributed by atoms with Crippen molar-refractivity contribution in [2.45, 2.75) is 6.92 Å². The van der Waals surface area contributed by atoms with Crippen LogP contribution in [0.15, 0.2) is 29.3 Å². The number of fused-ring (bicyclic) bond motifs is 1. The summed E-state index contributed by atoms with van der Waals surface area (Å²) in [6.07, 6.45) is 2.17. The molecule has 0 aliphatic carbocycles. The quantitative estimate of drug-likeness (QED) is 0.632. The van der Waals surface area contributed by atoms with Gasteiger partial charge in [0.2, 0.25) is 5.82 Å². The molecule has 0 aromatic carbocycles. The van der Waals surface area contributed by atoms with Crippen molar-refractivity contribution >= 4 is 11.7 Å². The molecule has 9 nitrogen and oxygen atoms in total. The molecule has 0 radical (unpaired) electrons. The Bertz CT molecular complexity index is 897. The Balaban J connectivity index is 2.17. The first-order valence-electron chi connectivity index (χ1n) is 5.97. The molecule has 106 valence electrons. The van der Waals surface area contributed by atoms with Crippen LogP contribution in [0.25, 0.3) is 17.0 Å². The highest BCUT2D eigenvalue weighted by atomic mass is 16.5. The van der Waals surface area contributed by atoms with Crippen LogP contribution in [-0.2, 0) is 4.74 Å². The highest BCUT2D eigenvalue weighted by molar-refractivity contribution is 5.68. The lowest BCUT2D eigenvalue weighted by molar-refractivity contribution is 0.164. The van der Waals surface area contributed by atoms with Gasteiger partial charge in [0.25, 0.3) is 5.56 Å². The Morgan fingerprint density at radius 2 is 2.19 bits per heavy atom. The molecular formula is C12H10N6O3. The fraction of sp³-hybridized carbons (Fsp3) is 0.167. The summed E-state index contributed by atoms with van der Waals surface area (Å²) in [6, 6.07) is 3.60. The van der Waals surface area contributed by atoms with Gasteiger partial charge in [0, 0.05) is 12.4 Å². The van der Waals surface area contributed by atoms with Crippen LogP contribution < -0.4 is 5.56 Å². The smallest absolute Gasteiger partial charge is 0.450 e. The molecule has 0 N–H and O–H groups in total. The molecule has 21 heavy (non-hydrogen) atoms. The van der Waals surface area contributed by atoms with Crippen molar-refractivity contribution in [1.82, 2.24) is 29.6 Å². The predicted octanol–water partition coefficient (Wildman–Crippen LogP) is 0.271. The standard InChI is InChI=1S/C12H10N6O3/c1-7-4-3-5-17-10(7)13-6-8(11(17)19)9-14-16-18(15-9)12(20)21-2/h3-6H,1-2H3. The number of carbonyl (C=O) groups excluding carboxylic acids is 1. The minimum absolute atomic E-state index is 0.00815. The van der Waals surface area contributed by atoms with Crippen molar-refractivity contribution in [3.8, 4) is 11.4 Å². The van der Waals surface area contributed by atoms with Crippen molar-refractivity contribution in [3.05, 3.63) is 40.4 Å². The average Bonchev–Trinajstić information content (AvgIpc) is 2.97. The van der Waals surface area contributed by atoms with E-state index in [-0.39, 0.29) is 16.9 Å². The third-order valence-electron chi connectivity index (χ3n) is 2.92. The number of tetrazole rings is 1. The van der Waals surface area contributed by atoms with Crippen LogP contribution in [0.3, 0.4) is 0 Å². The Kier molecular flexibility index (Phi) is 2.94. The molecule has 3 heterocycles. The van der Waals surface area contributed by atoms with E-state index >= 15 is 0 Å². The second-order valence-corrected chi connectivity index (χ2v) is 4.23. The van der Waals surface area contributed by atoms with Gasteiger partial charge in [0.05, 0.1) is 7.11 Å². The molecule has 0 saturated heterocycles. The van der Waals surface area contributed by atoms with E-state index in [1.54, 1.807) is 12.3 Å². The Labute approximate surface area is 117 Å². The molecule has 3 rings (SSSR count). The highest BCUT2D eigenvalue weighted by Crippen LogP contribution is 2.10. The largest absolute Gasteiger partial charge is 0.453 e. The van der Waals surface area contributed by atoms with Gasteiger partial charge in [0.1, 0.15) is 11.2 Å². The van der Waals surface area contributed by atoms with Gasteiger partial charge in [-0.05, 0) is 23.8 Å². The molecule has 9 heteroatoms. The molecule has 0 saturated carbocycles. The molecule has 0 bridgehead atoms. The average molecular weight is 286 g/mol. The number of nitrogens with zero attached hydrogens (tertiary/aromatic N) is 6. The highest BCUT2D eigenvalue weighted by Gasteiger charge is 2.16. The lowest BCUT2D eigenvalue weighted by atomic mass is 10.2. The minimum Gasteiger partial charge on any atom is -0.450 e. The number of carbonyl (C=O) groups is 1. The summed E-state index contributed by atoms with van der Waals surface area (Å²) >= 11 is 0. The molecule has 0 fully saturated rings. The van der Waals surface area contributed by atoms with Crippen molar-refractivity contribution in [2.75, 3.05) is 7.11 Å². The molecule has 0 amide bonds. The maximum Gasteiger partial charge on any atom is 0.453 e. The Hall–Kier alpha value is -3.10.